The molecule has 2 bridgehead atoms. The Labute approximate surface area is 323 Å². The van der Waals surface area contributed by atoms with Crippen LogP contribution in [0.4, 0.5) is 54.1 Å². The first-order valence-corrected chi connectivity index (χ1v) is 18.7. The van der Waals surface area contributed by atoms with Crippen LogP contribution in [0.1, 0.15) is 49.8 Å². The first-order valence-electron chi connectivity index (χ1n) is 18.7. The third-order valence-electron chi connectivity index (χ3n) is 12.5. The number of anilines is 1. The fourth-order valence-corrected chi connectivity index (χ4v) is 9.98. The van der Waals surface area contributed by atoms with E-state index < -0.39 is 67.0 Å². The van der Waals surface area contributed by atoms with Crippen molar-refractivity contribution in [3.05, 3.63) is 53.2 Å². The molecule has 5 aliphatic rings. The van der Waals surface area contributed by atoms with E-state index >= 15 is 8.78 Å². The van der Waals surface area contributed by atoms with E-state index in [1.165, 1.54) is 17.0 Å². The number of fused-ring (bicyclic) bond motifs is 7. The molecule has 7 heterocycles. The summed E-state index contributed by atoms with van der Waals surface area (Å²) in [5.74, 6) is 1.08. The van der Waals surface area contributed by atoms with E-state index in [1.54, 1.807) is 18.2 Å². The Bertz CT molecular complexity index is 2330. The van der Waals surface area contributed by atoms with E-state index in [4.69, 9.17) is 21.1 Å². The highest BCUT2D eigenvalue weighted by atomic mass is 19.4. The summed E-state index contributed by atoms with van der Waals surface area (Å²) in [5.41, 5.74) is -7.55. The van der Waals surface area contributed by atoms with Crippen LogP contribution in [0.2, 0.25) is 0 Å². The highest BCUT2D eigenvalue weighted by Crippen LogP contribution is 2.57. The molecule has 0 saturated carbocycles. The molecule has 0 aliphatic carbocycles. The summed E-state index contributed by atoms with van der Waals surface area (Å²) in [6.45, 7) is -0.500. The van der Waals surface area contributed by atoms with E-state index in [2.05, 4.69) is 25.9 Å². The fourth-order valence-electron chi connectivity index (χ4n) is 9.98. The van der Waals surface area contributed by atoms with Gasteiger partial charge in [0, 0.05) is 42.2 Å². The first kappa shape index (κ1) is 38.9. The molecule has 5 atom stereocenters. The number of hydrogen-bond acceptors (Lipinski definition) is 8. The van der Waals surface area contributed by atoms with Crippen LogP contribution in [0.5, 0.6) is 6.01 Å². The van der Waals surface area contributed by atoms with Crippen molar-refractivity contribution >= 4 is 27.5 Å². The van der Waals surface area contributed by atoms with Gasteiger partial charge in [0.1, 0.15) is 29.5 Å². The van der Waals surface area contributed by atoms with Gasteiger partial charge in [0.05, 0.1) is 28.3 Å². The molecule has 8 nitrogen and oxygen atoms in total. The number of halogens is 11. The minimum atomic E-state index is -6.88. The maximum atomic E-state index is 17.2. The molecule has 4 fully saturated rings. The second-order valence-electron chi connectivity index (χ2n) is 15.7. The van der Waals surface area contributed by atoms with Crippen molar-refractivity contribution in [3.8, 4) is 29.6 Å². The van der Waals surface area contributed by atoms with Crippen LogP contribution in [-0.4, -0.2) is 100.0 Å². The molecule has 5 aliphatic heterocycles. The standard InChI is InChI=1S/C39H33F11N6O2/c1-2-22-24(40)9-7-19-5-3-6-23(28(19)22)31-30(41)32-29-26(52-31)11-12-27-25-10-8-20(51-25)16-56(27)33(29)54-34(53-32)57-18-35-13-4-14-55(35)17-21(15-35)58-36(37(42,43)44,38(45,46)47)39(48,49)50/h1,3,5-7,9,20-21,25,27,51H,4,8,10-18H2/t20-,21+,25+,27-,35?/m1/s1. The van der Waals surface area contributed by atoms with Gasteiger partial charge in [-0.2, -0.15) is 49.5 Å². The van der Waals surface area contributed by atoms with E-state index in [0.717, 1.165) is 12.8 Å². The Balaban J connectivity index is 1.13. The van der Waals surface area contributed by atoms with Gasteiger partial charge in [-0.15, -0.1) is 6.42 Å². The molecule has 2 aromatic heterocycles. The Morgan fingerprint density at radius 2 is 1.66 bits per heavy atom. The number of alkyl halides is 9. The topological polar surface area (TPSA) is 75.6 Å². The molecule has 1 N–H and O–H groups in total. The summed E-state index contributed by atoms with van der Waals surface area (Å²) in [7, 11) is 0. The number of nitrogens with zero attached hydrogens (tertiary/aromatic N) is 5. The number of rotatable bonds is 6. The monoisotopic (exact) mass is 826 g/mol. The third kappa shape index (κ3) is 5.79. The SMILES string of the molecule is C#Cc1c(F)ccc2cccc(-c3nc4c5c(nc(OCC67CCCN6C[C@@H](OC(C(F)(F)F)(C(F)(F)F)C(F)(F)F)C7)nc5c3F)N3C[C@H]5CC[C@H](N5)[C@H]3CC4)c12. The van der Waals surface area contributed by atoms with Crippen LogP contribution in [0.25, 0.3) is 32.9 Å². The molecule has 19 heteroatoms. The molecular formula is C39H33F11N6O2. The average molecular weight is 827 g/mol. The zero-order valence-electron chi connectivity index (χ0n) is 30.3. The molecule has 308 valence electrons. The highest BCUT2D eigenvalue weighted by Gasteiger charge is 2.86. The predicted molar refractivity (Wildman–Crippen MR) is 187 cm³/mol. The Morgan fingerprint density at radius 1 is 0.897 bits per heavy atom. The van der Waals surface area contributed by atoms with Crippen LogP contribution < -0.4 is 15.0 Å². The zero-order chi connectivity index (χ0) is 41.2. The summed E-state index contributed by atoms with van der Waals surface area (Å²) >= 11 is 0. The van der Waals surface area contributed by atoms with Crippen LogP contribution >= 0.6 is 0 Å². The number of piperazine rings is 1. The molecular weight excluding hydrogens is 793 g/mol. The number of pyridine rings is 1. The molecule has 1 unspecified atom stereocenters. The number of aryl methyl sites for hydroxylation is 1. The highest BCUT2D eigenvalue weighted by molar-refractivity contribution is 6.02. The summed E-state index contributed by atoms with van der Waals surface area (Å²) < 4.78 is 167. The summed E-state index contributed by atoms with van der Waals surface area (Å²) in [6, 6.07) is 7.33. The average Bonchev–Trinajstić information content (AvgIpc) is 3.80. The Kier molecular flexibility index (Phi) is 8.89. The van der Waals surface area contributed by atoms with Gasteiger partial charge in [0.15, 0.2) is 5.82 Å². The molecule has 0 spiro atoms. The zero-order valence-corrected chi connectivity index (χ0v) is 30.3. The summed E-state index contributed by atoms with van der Waals surface area (Å²) in [5, 5.41) is 4.72. The molecule has 2 aromatic carbocycles. The second kappa shape index (κ2) is 13.2. The lowest BCUT2D eigenvalue weighted by Crippen LogP contribution is -2.68. The van der Waals surface area contributed by atoms with Gasteiger partial charge in [0.25, 0.3) is 0 Å². The van der Waals surface area contributed by atoms with Crippen molar-refractivity contribution in [2.45, 2.75) is 98.8 Å². The second-order valence-corrected chi connectivity index (χ2v) is 15.7. The predicted octanol–water partition coefficient (Wildman–Crippen LogP) is 7.79. The van der Waals surface area contributed by atoms with E-state index in [0.29, 0.717) is 48.1 Å². The smallest absolute Gasteiger partial charge is 0.435 e. The van der Waals surface area contributed by atoms with Gasteiger partial charge in [0.2, 0.25) is 0 Å². The van der Waals surface area contributed by atoms with Gasteiger partial charge in [-0.3, -0.25) is 4.90 Å². The van der Waals surface area contributed by atoms with Crippen molar-refractivity contribution < 1.29 is 57.8 Å². The van der Waals surface area contributed by atoms with Gasteiger partial charge in [-0.25, -0.2) is 13.8 Å². The van der Waals surface area contributed by atoms with Crippen LogP contribution in [-0.2, 0) is 11.2 Å². The molecule has 0 amide bonds. The van der Waals surface area contributed by atoms with Gasteiger partial charge in [-0.1, -0.05) is 30.2 Å². The number of terminal acetylenes is 1. The number of nitrogens with one attached hydrogen (secondary N) is 1. The minimum Gasteiger partial charge on any atom is -0.461 e. The Morgan fingerprint density at radius 3 is 2.38 bits per heavy atom. The number of benzene rings is 2. The van der Waals surface area contributed by atoms with Crippen molar-refractivity contribution in [1.29, 1.82) is 0 Å². The molecule has 4 saturated heterocycles. The maximum absolute atomic E-state index is 17.2. The lowest BCUT2D eigenvalue weighted by atomic mass is 9.93. The van der Waals surface area contributed by atoms with E-state index in [1.807, 2.05) is 0 Å². The van der Waals surface area contributed by atoms with Crippen molar-refractivity contribution in [3.63, 3.8) is 0 Å². The molecule has 0 radical (unpaired) electrons. The lowest BCUT2D eigenvalue weighted by Gasteiger charge is -2.41. The van der Waals surface area contributed by atoms with Gasteiger partial charge >= 0.3 is 30.1 Å². The molecule has 9 rings (SSSR count). The molecule has 4 aromatic rings. The van der Waals surface area contributed by atoms with Crippen LogP contribution in [0, 0.1) is 24.0 Å². The third-order valence-corrected chi connectivity index (χ3v) is 12.5. The summed E-state index contributed by atoms with van der Waals surface area (Å²) in [4.78, 5) is 17.5. The summed E-state index contributed by atoms with van der Waals surface area (Å²) in [6.07, 6.45) is -14.4. The van der Waals surface area contributed by atoms with Gasteiger partial charge in [-0.05, 0) is 62.9 Å². The van der Waals surface area contributed by atoms with Crippen LogP contribution in [0.3, 0.4) is 0 Å². The quantitative estimate of drug-likeness (QED) is 0.156. The van der Waals surface area contributed by atoms with Crippen molar-refractivity contribution in [2.75, 3.05) is 31.1 Å². The van der Waals surface area contributed by atoms with E-state index in [9.17, 15) is 39.5 Å². The molecule has 58 heavy (non-hydrogen) atoms. The van der Waals surface area contributed by atoms with Crippen molar-refractivity contribution in [1.82, 2.24) is 25.2 Å². The van der Waals surface area contributed by atoms with E-state index in [-0.39, 0.29) is 64.8 Å². The number of hydrogen-bond donors (Lipinski definition) is 1. The number of ether oxygens (including phenoxy) is 2. The first-order chi connectivity index (χ1) is 27.4. The largest absolute Gasteiger partial charge is 0.461 e. The Hall–Kier alpha value is -4.54. The fraction of sp³-hybridized carbons (Fsp3) is 0.513. The normalized spacial score (nSPS) is 26.2. The van der Waals surface area contributed by atoms with Gasteiger partial charge < -0.3 is 19.7 Å². The van der Waals surface area contributed by atoms with Crippen LogP contribution in [0.15, 0.2) is 30.3 Å². The lowest BCUT2D eigenvalue weighted by molar-refractivity contribution is -0.463. The minimum absolute atomic E-state index is 0.0737. The number of aromatic nitrogens is 3. The van der Waals surface area contributed by atoms with Crippen molar-refractivity contribution in [2.24, 2.45) is 0 Å². The maximum Gasteiger partial charge on any atom is 0.435 e.